The number of benzene rings is 7. The normalized spacial score (nSPS) is 11.8. The second-order valence-corrected chi connectivity index (χ2v) is 13.1. The van der Waals surface area contributed by atoms with Crippen molar-refractivity contribution in [2.24, 2.45) is 0 Å². The zero-order valence-electron chi connectivity index (χ0n) is 27.7. The van der Waals surface area contributed by atoms with Crippen molar-refractivity contribution in [3.63, 3.8) is 0 Å². The maximum absolute atomic E-state index is 6.18. The molecule has 4 heterocycles. The Morgan fingerprint density at radius 1 is 0.442 bits per heavy atom. The average molecular weight is 666 g/mol. The molecule has 242 valence electrons. The minimum Gasteiger partial charge on any atom is -0.438 e. The van der Waals surface area contributed by atoms with E-state index in [0.717, 1.165) is 71.3 Å². The average Bonchev–Trinajstić information content (AvgIpc) is 3.76. The van der Waals surface area contributed by atoms with E-state index in [0.29, 0.717) is 23.2 Å². The first-order valence-corrected chi connectivity index (χ1v) is 17.3. The molecule has 0 radical (unpaired) electrons. The molecule has 0 aliphatic rings. The van der Waals surface area contributed by atoms with Gasteiger partial charge >= 0.3 is 0 Å². The van der Waals surface area contributed by atoms with E-state index in [1.807, 2.05) is 24.3 Å². The number of hydrogen-bond acceptors (Lipinski definition) is 5. The Labute approximate surface area is 297 Å². The SMILES string of the molecule is c1ccc2cc(-c3nc(-c4cccc5c(-n6c7ccccc7c7ccccc76)cccc45)nc(-c4ccnc5oc6ccccc6c45)n3)ccc2c1. The van der Waals surface area contributed by atoms with Gasteiger partial charge in [0.1, 0.15) is 5.58 Å². The highest BCUT2D eigenvalue weighted by Crippen LogP contribution is 2.39. The van der Waals surface area contributed by atoms with Crippen molar-refractivity contribution in [1.82, 2.24) is 24.5 Å². The predicted octanol–water partition coefficient (Wildman–Crippen LogP) is 11.6. The third-order valence-electron chi connectivity index (χ3n) is 10.1. The summed E-state index contributed by atoms with van der Waals surface area (Å²) in [7, 11) is 0. The van der Waals surface area contributed by atoms with Crippen molar-refractivity contribution >= 4 is 65.4 Å². The van der Waals surface area contributed by atoms with Crippen molar-refractivity contribution in [2.75, 3.05) is 0 Å². The molecule has 6 nitrogen and oxygen atoms in total. The van der Waals surface area contributed by atoms with Crippen LogP contribution >= 0.6 is 0 Å². The summed E-state index contributed by atoms with van der Waals surface area (Å²) < 4.78 is 8.54. The number of aromatic nitrogens is 5. The molecule has 0 spiro atoms. The zero-order valence-corrected chi connectivity index (χ0v) is 27.7. The summed E-state index contributed by atoms with van der Waals surface area (Å²) >= 11 is 0. The molecule has 0 unspecified atom stereocenters. The highest BCUT2D eigenvalue weighted by Gasteiger charge is 2.20. The van der Waals surface area contributed by atoms with Crippen LogP contribution in [0.1, 0.15) is 0 Å². The standard InChI is InChI=1S/C46H27N5O/c1-2-12-29-27-30(24-23-28(29)11-1)43-48-44(50-45(49-43)37-25-26-47-46-42(37)36-15-5-8-22-41(36)52-46)35-18-9-17-32-31(35)16-10-21-40(32)51-38-19-6-3-13-33(38)34-14-4-7-20-39(34)51/h1-27H. The molecule has 0 atom stereocenters. The molecule has 4 aromatic heterocycles. The van der Waals surface area contributed by atoms with Crippen LogP contribution in [-0.4, -0.2) is 24.5 Å². The van der Waals surface area contributed by atoms with E-state index in [1.54, 1.807) is 6.20 Å². The molecule has 0 bridgehead atoms. The molecule has 7 aromatic carbocycles. The van der Waals surface area contributed by atoms with Gasteiger partial charge in [0.05, 0.1) is 22.1 Å². The quantitative estimate of drug-likeness (QED) is 0.187. The first-order valence-electron chi connectivity index (χ1n) is 17.3. The van der Waals surface area contributed by atoms with E-state index in [9.17, 15) is 0 Å². The summed E-state index contributed by atoms with van der Waals surface area (Å²) in [5.41, 5.74) is 7.43. The second kappa shape index (κ2) is 11.2. The van der Waals surface area contributed by atoms with Gasteiger partial charge in [0, 0.05) is 44.4 Å². The van der Waals surface area contributed by atoms with Crippen LogP contribution < -0.4 is 0 Å². The molecule has 11 aromatic rings. The molecule has 0 fully saturated rings. The van der Waals surface area contributed by atoms with Crippen molar-refractivity contribution in [3.8, 4) is 39.9 Å². The Balaban J connectivity index is 1.18. The van der Waals surface area contributed by atoms with E-state index >= 15 is 0 Å². The molecule has 0 saturated heterocycles. The minimum atomic E-state index is 0.550. The maximum atomic E-state index is 6.18. The molecule has 0 aliphatic heterocycles. The third-order valence-corrected chi connectivity index (χ3v) is 10.1. The van der Waals surface area contributed by atoms with Gasteiger partial charge in [0.15, 0.2) is 17.5 Å². The Morgan fingerprint density at radius 2 is 1.08 bits per heavy atom. The van der Waals surface area contributed by atoms with Gasteiger partial charge < -0.3 is 8.98 Å². The molecule has 6 heteroatoms. The molecule has 0 amide bonds. The van der Waals surface area contributed by atoms with Gasteiger partial charge in [-0.15, -0.1) is 0 Å². The van der Waals surface area contributed by atoms with Crippen LogP contribution in [0.3, 0.4) is 0 Å². The summed E-state index contributed by atoms with van der Waals surface area (Å²) in [5.74, 6) is 1.75. The Bertz CT molecular complexity index is 3160. The van der Waals surface area contributed by atoms with Gasteiger partial charge in [0.25, 0.3) is 0 Å². The second-order valence-electron chi connectivity index (χ2n) is 13.1. The monoisotopic (exact) mass is 665 g/mol. The van der Waals surface area contributed by atoms with Gasteiger partial charge in [0.2, 0.25) is 5.71 Å². The Morgan fingerprint density at radius 3 is 1.90 bits per heavy atom. The third kappa shape index (κ3) is 4.31. The smallest absolute Gasteiger partial charge is 0.228 e. The zero-order chi connectivity index (χ0) is 34.2. The van der Waals surface area contributed by atoms with Crippen LogP contribution in [-0.2, 0) is 0 Å². The van der Waals surface area contributed by atoms with Gasteiger partial charge in [-0.2, -0.15) is 0 Å². The van der Waals surface area contributed by atoms with Gasteiger partial charge in [-0.05, 0) is 52.6 Å². The van der Waals surface area contributed by atoms with Crippen molar-refractivity contribution < 1.29 is 4.42 Å². The lowest BCUT2D eigenvalue weighted by atomic mass is 10.0. The van der Waals surface area contributed by atoms with E-state index < -0.39 is 0 Å². The molecule has 0 N–H and O–H groups in total. The van der Waals surface area contributed by atoms with E-state index in [4.69, 9.17) is 19.4 Å². The fourth-order valence-electron chi connectivity index (χ4n) is 7.77. The van der Waals surface area contributed by atoms with Crippen LogP contribution in [0.5, 0.6) is 0 Å². The maximum Gasteiger partial charge on any atom is 0.228 e. The van der Waals surface area contributed by atoms with Crippen LogP contribution in [0, 0.1) is 0 Å². The highest BCUT2D eigenvalue weighted by atomic mass is 16.3. The van der Waals surface area contributed by atoms with Crippen LogP contribution in [0.15, 0.2) is 168 Å². The summed E-state index contributed by atoms with van der Waals surface area (Å²) in [6, 6.07) is 54.8. The van der Waals surface area contributed by atoms with Gasteiger partial charge in [-0.3, -0.25) is 0 Å². The van der Waals surface area contributed by atoms with Crippen LogP contribution in [0.4, 0.5) is 0 Å². The van der Waals surface area contributed by atoms with E-state index in [1.165, 1.54) is 10.8 Å². The first-order chi connectivity index (χ1) is 25.8. The van der Waals surface area contributed by atoms with Crippen molar-refractivity contribution in [2.45, 2.75) is 0 Å². The number of rotatable bonds is 4. The number of hydrogen-bond donors (Lipinski definition) is 0. The van der Waals surface area contributed by atoms with Crippen LogP contribution in [0.2, 0.25) is 0 Å². The molecule has 11 rings (SSSR count). The molecular weight excluding hydrogens is 639 g/mol. The number of pyridine rings is 1. The lowest BCUT2D eigenvalue weighted by Gasteiger charge is -2.14. The Hall–Kier alpha value is -7.18. The summed E-state index contributed by atoms with van der Waals surface area (Å²) in [6.07, 6.45) is 1.76. The fourth-order valence-corrected chi connectivity index (χ4v) is 7.77. The largest absolute Gasteiger partial charge is 0.438 e. The lowest BCUT2D eigenvalue weighted by Crippen LogP contribution is -2.01. The van der Waals surface area contributed by atoms with Gasteiger partial charge in [-0.1, -0.05) is 121 Å². The van der Waals surface area contributed by atoms with E-state index in [-0.39, 0.29) is 0 Å². The Kier molecular flexibility index (Phi) is 6.15. The summed E-state index contributed by atoms with van der Waals surface area (Å²) in [5, 5.41) is 8.74. The molecule has 0 saturated carbocycles. The molecular formula is C46H27N5O. The number of nitrogens with zero attached hydrogens (tertiary/aromatic N) is 5. The molecule has 52 heavy (non-hydrogen) atoms. The fraction of sp³-hybridized carbons (Fsp3) is 0. The highest BCUT2D eigenvalue weighted by molar-refractivity contribution is 6.12. The molecule has 0 aliphatic carbocycles. The van der Waals surface area contributed by atoms with E-state index in [2.05, 4.69) is 143 Å². The van der Waals surface area contributed by atoms with Crippen molar-refractivity contribution in [3.05, 3.63) is 164 Å². The van der Waals surface area contributed by atoms with Gasteiger partial charge in [-0.25, -0.2) is 19.9 Å². The summed E-state index contributed by atoms with van der Waals surface area (Å²) in [4.78, 5) is 20.2. The number of furan rings is 1. The minimum absolute atomic E-state index is 0.550. The predicted molar refractivity (Wildman–Crippen MR) is 211 cm³/mol. The summed E-state index contributed by atoms with van der Waals surface area (Å²) in [6.45, 7) is 0. The first kappa shape index (κ1) is 28.6. The van der Waals surface area contributed by atoms with Crippen molar-refractivity contribution in [1.29, 1.82) is 0 Å². The number of fused-ring (bicyclic) bond motifs is 8. The number of para-hydroxylation sites is 3. The topological polar surface area (TPSA) is 69.6 Å². The lowest BCUT2D eigenvalue weighted by molar-refractivity contribution is 0.654. The van der Waals surface area contributed by atoms with Crippen LogP contribution in [0.25, 0.3) is 105 Å².